The Balaban J connectivity index is 1.96. The van der Waals surface area contributed by atoms with Crippen molar-refractivity contribution < 1.29 is 19.4 Å². The van der Waals surface area contributed by atoms with Gasteiger partial charge in [0.1, 0.15) is 0 Å². The van der Waals surface area contributed by atoms with Crippen molar-refractivity contribution in [3.63, 3.8) is 0 Å². The molecule has 0 aliphatic carbocycles. The van der Waals surface area contributed by atoms with Gasteiger partial charge in [-0.05, 0) is 49.1 Å². The van der Waals surface area contributed by atoms with Crippen LogP contribution in [0.25, 0.3) is 0 Å². The third-order valence-electron chi connectivity index (χ3n) is 4.99. The quantitative estimate of drug-likeness (QED) is 0.736. The summed E-state index contributed by atoms with van der Waals surface area (Å²) in [6.07, 6.45) is 2.22. The Labute approximate surface area is 164 Å². The average Bonchev–Trinajstić information content (AvgIpc) is 2.68. The maximum absolute atomic E-state index is 12.8. The van der Waals surface area contributed by atoms with Gasteiger partial charge in [-0.3, -0.25) is 9.59 Å². The number of nitrogens with one attached hydrogen (secondary N) is 1. The van der Waals surface area contributed by atoms with Crippen LogP contribution in [-0.2, 0) is 0 Å². The van der Waals surface area contributed by atoms with Gasteiger partial charge in [0, 0.05) is 18.7 Å². The molecule has 2 aromatic rings. The van der Waals surface area contributed by atoms with E-state index in [-0.39, 0.29) is 17.1 Å². The fourth-order valence-corrected chi connectivity index (χ4v) is 3.53. The van der Waals surface area contributed by atoms with E-state index in [9.17, 15) is 14.7 Å². The maximum Gasteiger partial charge on any atom is 0.259 e. The third kappa shape index (κ3) is 4.03. The molecule has 2 amide bonds. The molecule has 1 heterocycles. The highest BCUT2D eigenvalue weighted by molar-refractivity contribution is 6.09. The van der Waals surface area contributed by atoms with Crippen LogP contribution in [0.1, 0.15) is 40.5 Å². The summed E-state index contributed by atoms with van der Waals surface area (Å²) in [5.74, 6) is -0.552. The minimum Gasteiger partial charge on any atom is -0.504 e. The van der Waals surface area contributed by atoms with Crippen LogP contribution in [0, 0.1) is 5.92 Å². The number of nitrogens with two attached hydrogens (primary N) is 1. The van der Waals surface area contributed by atoms with E-state index in [1.54, 1.807) is 30.3 Å². The predicted molar refractivity (Wildman–Crippen MR) is 108 cm³/mol. The minimum atomic E-state index is -0.571. The van der Waals surface area contributed by atoms with Crippen molar-refractivity contribution in [3.05, 3.63) is 47.5 Å². The molecular formula is C21H25N3O4. The number of hydrogen-bond acceptors (Lipinski definition) is 5. The fourth-order valence-electron chi connectivity index (χ4n) is 3.53. The van der Waals surface area contributed by atoms with E-state index >= 15 is 0 Å². The molecule has 148 valence electrons. The van der Waals surface area contributed by atoms with Gasteiger partial charge in [-0.1, -0.05) is 13.0 Å². The lowest BCUT2D eigenvalue weighted by molar-refractivity contribution is 0.0995. The van der Waals surface area contributed by atoms with Gasteiger partial charge in [0.05, 0.1) is 24.0 Å². The van der Waals surface area contributed by atoms with Gasteiger partial charge in [-0.2, -0.15) is 0 Å². The fraction of sp³-hybridized carbons (Fsp3) is 0.333. The monoisotopic (exact) mass is 383 g/mol. The molecule has 7 nitrogen and oxygen atoms in total. The number of phenolic OH excluding ortho intramolecular Hbond substituents is 1. The number of piperidine rings is 1. The second kappa shape index (κ2) is 8.21. The second-order valence-corrected chi connectivity index (χ2v) is 7.10. The highest BCUT2D eigenvalue weighted by Gasteiger charge is 2.22. The summed E-state index contributed by atoms with van der Waals surface area (Å²) < 4.78 is 5.07. The number of nitrogens with zero attached hydrogens (tertiary/aromatic N) is 1. The number of ether oxygens (including phenoxy) is 1. The molecular weight excluding hydrogens is 358 g/mol. The van der Waals surface area contributed by atoms with E-state index in [1.807, 2.05) is 0 Å². The number of rotatable bonds is 5. The van der Waals surface area contributed by atoms with E-state index < -0.39 is 11.8 Å². The topological polar surface area (TPSA) is 105 Å². The molecule has 1 atom stereocenters. The predicted octanol–water partition coefficient (Wildman–Crippen LogP) is 2.99. The maximum atomic E-state index is 12.8. The Bertz CT molecular complexity index is 897. The lowest BCUT2D eigenvalue weighted by Gasteiger charge is -2.34. The molecule has 1 saturated heterocycles. The van der Waals surface area contributed by atoms with Crippen LogP contribution in [0.2, 0.25) is 0 Å². The molecule has 0 aromatic heterocycles. The van der Waals surface area contributed by atoms with Gasteiger partial charge in [0.15, 0.2) is 11.5 Å². The Morgan fingerprint density at radius 1 is 1.29 bits per heavy atom. The Kier molecular flexibility index (Phi) is 5.73. The molecule has 0 spiro atoms. The van der Waals surface area contributed by atoms with Crippen molar-refractivity contribution in [3.8, 4) is 11.5 Å². The van der Waals surface area contributed by atoms with Crippen LogP contribution in [-0.4, -0.2) is 37.1 Å². The highest BCUT2D eigenvalue weighted by Crippen LogP contribution is 2.33. The lowest BCUT2D eigenvalue weighted by Crippen LogP contribution is -2.35. The molecule has 1 fully saturated rings. The summed E-state index contributed by atoms with van der Waals surface area (Å²) >= 11 is 0. The molecule has 1 aliphatic heterocycles. The van der Waals surface area contributed by atoms with E-state index in [4.69, 9.17) is 10.5 Å². The molecule has 4 N–H and O–H groups in total. The third-order valence-corrected chi connectivity index (χ3v) is 4.99. The SMILES string of the molecule is COc1cccc(C(=O)Nc2cc(C(N)=O)ccc2N2CCC[C@@H](C)C2)c1O. The van der Waals surface area contributed by atoms with Crippen LogP contribution in [0.4, 0.5) is 11.4 Å². The van der Waals surface area contributed by atoms with Gasteiger partial charge >= 0.3 is 0 Å². The number of hydrogen-bond donors (Lipinski definition) is 3. The zero-order chi connectivity index (χ0) is 20.3. The highest BCUT2D eigenvalue weighted by atomic mass is 16.5. The number of amides is 2. The number of para-hydroxylation sites is 1. The van der Waals surface area contributed by atoms with E-state index in [0.29, 0.717) is 17.2 Å². The summed E-state index contributed by atoms with van der Waals surface area (Å²) in [4.78, 5) is 26.6. The number of phenols is 1. The lowest BCUT2D eigenvalue weighted by atomic mass is 9.99. The Hall–Kier alpha value is -3.22. The molecule has 28 heavy (non-hydrogen) atoms. The smallest absolute Gasteiger partial charge is 0.259 e. The molecule has 1 aliphatic rings. The first kappa shape index (κ1) is 19.5. The first-order chi connectivity index (χ1) is 13.4. The van der Waals surface area contributed by atoms with Crippen molar-refractivity contribution in [2.45, 2.75) is 19.8 Å². The molecule has 3 rings (SSSR count). The van der Waals surface area contributed by atoms with E-state index in [2.05, 4.69) is 17.1 Å². The molecule has 2 aromatic carbocycles. The summed E-state index contributed by atoms with van der Waals surface area (Å²) in [5.41, 5.74) is 7.12. The number of aromatic hydroxyl groups is 1. The average molecular weight is 383 g/mol. The Morgan fingerprint density at radius 3 is 2.75 bits per heavy atom. The van der Waals surface area contributed by atoms with Gasteiger partial charge in [-0.15, -0.1) is 0 Å². The zero-order valence-electron chi connectivity index (χ0n) is 16.1. The van der Waals surface area contributed by atoms with Crippen LogP contribution >= 0.6 is 0 Å². The van der Waals surface area contributed by atoms with Crippen LogP contribution < -0.4 is 20.7 Å². The number of benzene rings is 2. The number of methoxy groups -OCH3 is 1. The van der Waals surface area contributed by atoms with Crippen LogP contribution in [0.5, 0.6) is 11.5 Å². The molecule has 0 bridgehead atoms. The standard InChI is InChI=1S/C21H25N3O4/c1-13-5-4-10-24(12-13)17-9-8-14(20(22)26)11-16(17)23-21(27)15-6-3-7-18(28-2)19(15)25/h3,6-9,11,13,25H,4-5,10,12H2,1-2H3,(H2,22,26)(H,23,27)/t13-/m1/s1. The Morgan fingerprint density at radius 2 is 2.07 bits per heavy atom. The zero-order valence-corrected chi connectivity index (χ0v) is 16.1. The number of anilines is 2. The van der Waals surface area contributed by atoms with E-state index in [1.165, 1.54) is 13.2 Å². The summed E-state index contributed by atoms with van der Waals surface area (Å²) in [7, 11) is 1.42. The van der Waals surface area contributed by atoms with Crippen molar-refractivity contribution in [1.29, 1.82) is 0 Å². The van der Waals surface area contributed by atoms with Gasteiger partial charge in [0.25, 0.3) is 5.91 Å². The van der Waals surface area contributed by atoms with Crippen molar-refractivity contribution >= 4 is 23.2 Å². The molecule has 0 saturated carbocycles. The second-order valence-electron chi connectivity index (χ2n) is 7.10. The van der Waals surface area contributed by atoms with Crippen LogP contribution in [0.15, 0.2) is 36.4 Å². The molecule has 0 unspecified atom stereocenters. The first-order valence-corrected chi connectivity index (χ1v) is 9.26. The minimum absolute atomic E-state index is 0.0850. The van der Waals surface area contributed by atoms with Crippen LogP contribution in [0.3, 0.4) is 0 Å². The van der Waals surface area contributed by atoms with Crippen molar-refractivity contribution in [2.75, 3.05) is 30.4 Å². The first-order valence-electron chi connectivity index (χ1n) is 9.26. The van der Waals surface area contributed by atoms with Crippen molar-refractivity contribution in [2.24, 2.45) is 11.7 Å². The summed E-state index contributed by atoms with van der Waals surface area (Å²) in [5, 5.41) is 13.1. The largest absolute Gasteiger partial charge is 0.504 e. The molecule has 0 radical (unpaired) electrons. The van der Waals surface area contributed by atoms with Gasteiger partial charge < -0.3 is 25.8 Å². The summed E-state index contributed by atoms with van der Waals surface area (Å²) in [6.45, 7) is 3.92. The van der Waals surface area contributed by atoms with E-state index in [0.717, 1.165) is 31.6 Å². The van der Waals surface area contributed by atoms with Gasteiger partial charge in [0.2, 0.25) is 5.91 Å². The van der Waals surface area contributed by atoms with Crippen molar-refractivity contribution in [1.82, 2.24) is 0 Å². The number of carbonyl (C=O) groups excluding carboxylic acids is 2. The number of carbonyl (C=O) groups is 2. The summed E-state index contributed by atoms with van der Waals surface area (Å²) in [6, 6.07) is 9.75. The molecule has 7 heteroatoms. The van der Waals surface area contributed by atoms with Gasteiger partial charge in [-0.25, -0.2) is 0 Å². The number of primary amides is 1. The normalized spacial score (nSPS) is 16.5.